The number of alkyl halides is 1. The number of fused-ring (bicyclic) bond motifs is 1. The molecule has 0 aromatic heterocycles. The van der Waals surface area contributed by atoms with Crippen LogP contribution in [0.3, 0.4) is 0 Å². The summed E-state index contributed by atoms with van der Waals surface area (Å²) in [6, 6.07) is 12.7. The Morgan fingerprint density at radius 2 is 1.74 bits per heavy atom. The zero-order chi connectivity index (χ0) is 38.8. The molecule has 1 spiro atoms. The number of para-hydroxylation sites is 1. The molecule has 9 atom stereocenters. The van der Waals surface area contributed by atoms with Gasteiger partial charge in [0.1, 0.15) is 17.7 Å². The standard InChI is InChI=1S/C42H54BrN3O7/c1-9-11-20-32(48)44(8)28(7)36(29-18-13-12-14-19-29)52-41(51)33-34-39(49)46(30(24-47)22-25(3)4)38(42(34)23-31(43)37(33)53-42)40(50)45(21-10-2)35-26(5)16-15-17-27(35)6/h9-10,12-19,25,28,30-31,33-34,36-38,47H,1-2,11,20-24H2,3-8H3/t28-,30-,31?,33+,34-,36+,37+,38+,42-/m1/s1. The third-order valence-corrected chi connectivity index (χ3v) is 12.1. The van der Waals surface area contributed by atoms with Gasteiger partial charge < -0.3 is 29.3 Å². The van der Waals surface area contributed by atoms with Crippen LogP contribution in [0.4, 0.5) is 5.69 Å². The lowest BCUT2D eigenvalue weighted by Gasteiger charge is -2.40. The number of anilines is 1. The summed E-state index contributed by atoms with van der Waals surface area (Å²) in [5.41, 5.74) is 1.82. The van der Waals surface area contributed by atoms with Crippen molar-refractivity contribution in [2.24, 2.45) is 17.8 Å². The van der Waals surface area contributed by atoms with E-state index in [1.165, 1.54) is 4.90 Å². The molecule has 11 heteroatoms. The van der Waals surface area contributed by atoms with Crippen molar-refractivity contribution in [1.29, 1.82) is 0 Å². The van der Waals surface area contributed by atoms with E-state index in [0.29, 0.717) is 24.8 Å². The summed E-state index contributed by atoms with van der Waals surface area (Å²) in [7, 11) is 1.69. The molecular formula is C42H54BrN3O7. The summed E-state index contributed by atoms with van der Waals surface area (Å²) in [5.74, 6) is -3.51. The first-order valence-electron chi connectivity index (χ1n) is 18.6. The van der Waals surface area contributed by atoms with Crippen LogP contribution in [0.1, 0.15) is 69.2 Å². The highest BCUT2D eigenvalue weighted by atomic mass is 79.9. The number of carbonyl (C=O) groups excluding carboxylic acids is 4. The zero-order valence-electron chi connectivity index (χ0n) is 31.7. The number of carbonyl (C=O) groups is 4. The molecule has 3 fully saturated rings. The van der Waals surface area contributed by atoms with Crippen LogP contribution < -0.4 is 4.90 Å². The molecule has 2 aromatic carbocycles. The van der Waals surface area contributed by atoms with Crippen molar-refractivity contribution >= 4 is 45.3 Å². The van der Waals surface area contributed by atoms with Crippen LogP contribution >= 0.6 is 15.9 Å². The Labute approximate surface area is 322 Å². The Balaban J connectivity index is 1.58. The van der Waals surface area contributed by atoms with E-state index >= 15 is 4.79 Å². The first-order valence-corrected chi connectivity index (χ1v) is 19.5. The molecule has 3 heterocycles. The van der Waals surface area contributed by atoms with Gasteiger partial charge in [-0.3, -0.25) is 19.2 Å². The molecule has 3 saturated heterocycles. The first kappa shape index (κ1) is 40.4. The minimum absolute atomic E-state index is 0.0951. The maximum atomic E-state index is 15.2. The third-order valence-electron chi connectivity index (χ3n) is 11.2. The van der Waals surface area contributed by atoms with E-state index in [-0.39, 0.29) is 42.1 Å². The number of rotatable bonds is 16. The summed E-state index contributed by atoms with van der Waals surface area (Å²) >= 11 is 3.77. The van der Waals surface area contributed by atoms with Gasteiger partial charge in [0.05, 0.1) is 36.6 Å². The number of ether oxygens (including phenoxy) is 2. The smallest absolute Gasteiger partial charge is 0.313 e. The maximum Gasteiger partial charge on any atom is 0.313 e. The highest BCUT2D eigenvalue weighted by Crippen LogP contribution is 2.61. The minimum atomic E-state index is -1.37. The van der Waals surface area contributed by atoms with Crippen molar-refractivity contribution < 1.29 is 33.8 Å². The molecular weight excluding hydrogens is 738 g/mol. The predicted molar refractivity (Wildman–Crippen MR) is 208 cm³/mol. The Hall–Kier alpha value is -3.80. The average molecular weight is 793 g/mol. The van der Waals surface area contributed by atoms with Gasteiger partial charge in [0.15, 0.2) is 0 Å². The molecule has 2 aromatic rings. The second-order valence-electron chi connectivity index (χ2n) is 15.2. The van der Waals surface area contributed by atoms with Gasteiger partial charge in [0, 0.05) is 30.5 Å². The molecule has 1 N–H and O–H groups in total. The van der Waals surface area contributed by atoms with Crippen LogP contribution in [-0.4, -0.2) is 93.5 Å². The number of benzene rings is 2. The molecule has 3 aliphatic heterocycles. The van der Waals surface area contributed by atoms with E-state index in [2.05, 4.69) is 29.1 Å². The molecule has 0 aliphatic carbocycles. The lowest BCUT2D eigenvalue weighted by molar-refractivity contribution is -0.165. The summed E-state index contributed by atoms with van der Waals surface area (Å²) in [4.78, 5) is 62.4. The third kappa shape index (κ3) is 7.49. The summed E-state index contributed by atoms with van der Waals surface area (Å²) < 4.78 is 13.2. The maximum absolute atomic E-state index is 15.2. The van der Waals surface area contributed by atoms with E-state index in [9.17, 15) is 19.5 Å². The lowest BCUT2D eigenvalue weighted by atomic mass is 9.70. The van der Waals surface area contributed by atoms with Gasteiger partial charge in [0.2, 0.25) is 11.8 Å². The molecule has 1 unspecified atom stereocenters. The van der Waals surface area contributed by atoms with E-state index < -0.39 is 59.6 Å². The molecule has 0 saturated carbocycles. The quantitative estimate of drug-likeness (QED) is 0.125. The molecule has 53 heavy (non-hydrogen) atoms. The van der Waals surface area contributed by atoms with Crippen molar-refractivity contribution in [3.63, 3.8) is 0 Å². The van der Waals surface area contributed by atoms with Crippen LogP contribution in [0.5, 0.6) is 0 Å². The number of likely N-dealkylation sites (tertiary alicyclic amines) is 1. The van der Waals surface area contributed by atoms with Gasteiger partial charge in [-0.2, -0.15) is 0 Å². The molecule has 3 aliphatic rings. The number of esters is 1. The number of aryl methyl sites for hydroxylation is 2. The predicted octanol–water partition coefficient (Wildman–Crippen LogP) is 6.08. The number of hydrogen-bond donors (Lipinski definition) is 1. The number of amides is 3. The molecule has 10 nitrogen and oxygen atoms in total. The van der Waals surface area contributed by atoms with Crippen LogP contribution in [-0.2, 0) is 28.7 Å². The second kappa shape index (κ2) is 16.7. The highest BCUT2D eigenvalue weighted by molar-refractivity contribution is 9.09. The van der Waals surface area contributed by atoms with Gasteiger partial charge in [-0.05, 0) is 62.6 Å². The number of likely N-dealkylation sites (N-methyl/N-ethyl adjacent to an activating group) is 1. The molecule has 286 valence electrons. The van der Waals surface area contributed by atoms with E-state index in [4.69, 9.17) is 9.47 Å². The normalized spacial score (nSPS) is 26.2. The van der Waals surface area contributed by atoms with Gasteiger partial charge >= 0.3 is 5.97 Å². The number of allylic oxidation sites excluding steroid dienone is 1. The topological polar surface area (TPSA) is 117 Å². The summed E-state index contributed by atoms with van der Waals surface area (Å²) in [5, 5.41) is 10.8. The number of hydrogen-bond acceptors (Lipinski definition) is 7. The molecule has 5 rings (SSSR count). The Morgan fingerprint density at radius 1 is 1.08 bits per heavy atom. The minimum Gasteiger partial charge on any atom is -0.455 e. The fourth-order valence-corrected chi connectivity index (χ4v) is 9.70. The molecule has 0 radical (unpaired) electrons. The summed E-state index contributed by atoms with van der Waals surface area (Å²) in [6.07, 6.45) is 3.26. The zero-order valence-corrected chi connectivity index (χ0v) is 33.3. The van der Waals surface area contributed by atoms with Gasteiger partial charge in [0.25, 0.3) is 5.91 Å². The first-order chi connectivity index (χ1) is 25.2. The highest BCUT2D eigenvalue weighted by Gasteiger charge is 2.77. The number of aliphatic hydroxyl groups excluding tert-OH is 1. The SMILES string of the molecule is C=CCCC(=O)N(C)[C@H](C)[C@H](OC(=O)[C@@H]1[C@H]2O[C@@]3(CC2Br)[C@H](C(=O)N(CC=C)c2c(C)cccc2C)N([C@@H](CO)CC(C)C)C(=O)[C@@H]13)c1ccccc1. The van der Waals surface area contributed by atoms with Crippen LogP contribution in [0.15, 0.2) is 73.8 Å². The number of halogens is 1. The Kier molecular flexibility index (Phi) is 12.7. The van der Waals surface area contributed by atoms with Crippen LogP contribution in [0, 0.1) is 31.6 Å². The van der Waals surface area contributed by atoms with Gasteiger partial charge in [-0.25, -0.2) is 0 Å². The average Bonchev–Trinajstić information content (AvgIpc) is 3.73. The molecule has 3 amide bonds. The van der Waals surface area contributed by atoms with Crippen molar-refractivity contribution in [1.82, 2.24) is 9.80 Å². The van der Waals surface area contributed by atoms with Gasteiger partial charge in [-0.1, -0.05) is 90.5 Å². The summed E-state index contributed by atoms with van der Waals surface area (Å²) in [6.45, 7) is 17.2. The van der Waals surface area contributed by atoms with Crippen molar-refractivity contribution in [2.45, 2.75) is 101 Å². The Bertz CT molecular complexity index is 1680. The lowest BCUT2D eigenvalue weighted by Crippen LogP contribution is -2.59. The fraction of sp³-hybridized carbons (Fsp3) is 0.524. The van der Waals surface area contributed by atoms with Crippen molar-refractivity contribution in [2.75, 3.05) is 25.1 Å². The van der Waals surface area contributed by atoms with E-state index in [0.717, 1.165) is 16.8 Å². The van der Waals surface area contributed by atoms with Crippen molar-refractivity contribution in [3.8, 4) is 0 Å². The van der Waals surface area contributed by atoms with Crippen LogP contribution in [0.2, 0.25) is 0 Å². The largest absolute Gasteiger partial charge is 0.455 e. The Morgan fingerprint density at radius 3 is 2.32 bits per heavy atom. The number of nitrogens with zero attached hydrogens (tertiary/aromatic N) is 3. The van der Waals surface area contributed by atoms with Crippen LogP contribution in [0.25, 0.3) is 0 Å². The second-order valence-corrected chi connectivity index (χ2v) is 16.4. The van der Waals surface area contributed by atoms with Crippen molar-refractivity contribution in [3.05, 3.63) is 90.5 Å². The fourth-order valence-electron chi connectivity index (χ4n) is 8.75. The number of aliphatic hydroxyl groups is 1. The van der Waals surface area contributed by atoms with Gasteiger partial charge in [-0.15, -0.1) is 13.2 Å². The molecule has 2 bridgehead atoms. The monoisotopic (exact) mass is 791 g/mol. The van der Waals surface area contributed by atoms with E-state index in [1.54, 1.807) is 29.0 Å². The van der Waals surface area contributed by atoms with E-state index in [1.807, 2.05) is 83.1 Å².